The second kappa shape index (κ2) is 12.3. The van der Waals surface area contributed by atoms with E-state index < -0.39 is 12.2 Å². The fourth-order valence-electron chi connectivity index (χ4n) is 3.07. The third-order valence-electron chi connectivity index (χ3n) is 4.54. The van der Waals surface area contributed by atoms with Crippen LogP contribution in [0.4, 0.5) is 0 Å². The molecule has 4 atom stereocenters. The number of methoxy groups -OCH3 is 1. The van der Waals surface area contributed by atoms with Gasteiger partial charge in [-0.2, -0.15) is 11.8 Å². The molecule has 1 saturated carbocycles. The van der Waals surface area contributed by atoms with E-state index in [2.05, 4.69) is 4.74 Å². The van der Waals surface area contributed by atoms with Gasteiger partial charge in [-0.25, -0.2) is 0 Å². The number of aliphatic hydroxyl groups is 2. The molecular weight excluding hydrogens is 396 g/mol. The summed E-state index contributed by atoms with van der Waals surface area (Å²) >= 11 is 3.07. The van der Waals surface area contributed by atoms with Crippen LogP contribution >= 0.6 is 23.5 Å². The zero-order valence-corrected chi connectivity index (χ0v) is 17.7. The highest BCUT2D eigenvalue weighted by Crippen LogP contribution is 2.34. The summed E-state index contributed by atoms with van der Waals surface area (Å²) in [7, 11) is 1.38. The molecule has 0 bridgehead atoms. The molecule has 5 nitrogen and oxygen atoms in total. The molecule has 154 valence electrons. The molecule has 1 aliphatic rings. The molecule has 2 N–H and O–H groups in total. The summed E-state index contributed by atoms with van der Waals surface area (Å²) in [5, 5.41) is 20.2. The van der Waals surface area contributed by atoms with Crippen molar-refractivity contribution in [3.05, 3.63) is 48.0 Å². The Morgan fingerprint density at radius 2 is 2.07 bits per heavy atom. The van der Waals surface area contributed by atoms with Crippen LogP contribution in [0.1, 0.15) is 18.4 Å². The van der Waals surface area contributed by atoms with Crippen molar-refractivity contribution in [1.29, 1.82) is 0 Å². The van der Waals surface area contributed by atoms with E-state index in [1.165, 1.54) is 18.9 Å². The van der Waals surface area contributed by atoms with Crippen molar-refractivity contribution in [2.75, 3.05) is 24.4 Å². The third kappa shape index (κ3) is 7.62. The van der Waals surface area contributed by atoms with E-state index in [1.54, 1.807) is 23.9 Å². The van der Waals surface area contributed by atoms with Gasteiger partial charge in [-0.15, -0.1) is 11.8 Å². The Balaban J connectivity index is 1.79. The van der Waals surface area contributed by atoms with Gasteiger partial charge in [0.25, 0.3) is 0 Å². The predicted octanol–water partition coefficient (Wildman–Crippen LogP) is 2.49. The van der Waals surface area contributed by atoms with Crippen molar-refractivity contribution in [3.8, 4) is 0 Å². The number of Topliss-reactive ketones (excluding diaryl/α,β-unsaturated/α-hetero) is 1. The number of hydrogen-bond donors (Lipinski definition) is 2. The van der Waals surface area contributed by atoms with Crippen molar-refractivity contribution in [2.24, 2.45) is 5.92 Å². The minimum atomic E-state index is -0.695. The number of esters is 1. The molecule has 0 aliphatic heterocycles. The SMILES string of the molecule is COC(=O)CSCCCS[C@H]1C(=O)C[C@@H](O)[C@@H]1C=CC(O)Cc1ccccc1. The Bertz CT molecular complexity index is 649. The number of carbonyl (C=O) groups excluding carboxylic acids is 2. The quantitative estimate of drug-likeness (QED) is 0.321. The number of aliphatic hydroxyl groups excluding tert-OH is 2. The lowest BCUT2D eigenvalue weighted by atomic mass is 10.0. The zero-order valence-electron chi connectivity index (χ0n) is 16.0. The maximum Gasteiger partial charge on any atom is 0.315 e. The lowest BCUT2D eigenvalue weighted by Crippen LogP contribution is -2.22. The van der Waals surface area contributed by atoms with Crippen LogP contribution in [0.3, 0.4) is 0 Å². The van der Waals surface area contributed by atoms with E-state index >= 15 is 0 Å². The van der Waals surface area contributed by atoms with E-state index in [-0.39, 0.29) is 29.3 Å². The first-order valence-electron chi connectivity index (χ1n) is 9.38. The first-order chi connectivity index (χ1) is 13.5. The van der Waals surface area contributed by atoms with Crippen molar-refractivity contribution >= 4 is 35.3 Å². The summed E-state index contributed by atoms with van der Waals surface area (Å²) in [5.41, 5.74) is 1.04. The van der Waals surface area contributed by atoms with Gasteiger partial charge in [0.15, 0.2) is 0 Å². The van der Waals surface area contributed by atoms with Gasteiger partial charge in [0, 0.05) is 18.8 Å². The van der Waals surface area contributed by atoms with Crippen molar-refractivity contribution in [1.82, 2.24) is 0 Å². The van der Waals surface area contributed by atoms with Crippen LogP contribution in [0.25, 0.3) is 0 Å². The monoisotopic (exact) mass is 424 g/mol. The standard InChI is InChI=1S/C21H28O5S2/c1-26-20(25)14-27-10-5-11-28-21-17(18(23)13-19(21)24)9-8-16(22)12-15-6-3-2-4-7-15/h2-4,6-9,16-18,21-23H,5,10-14H2,1H3/t16?,17-,18+,21+/m0/s1. The normalized spacial score (nSPS) is 23.2. The number of ketones is 1. The van der Waals surface area contributed by atoms with Crippen molar-refractivity contribution in [3.63, 3.8) is 0 Å². The van der Waals surface area contributed by atoms with Crippen LogP contribution in [0.5, 0.6) is 0 Å². The van der Waals surface area contributed by atoms with E-state index in [4.69, 9.17) is 0 Å². The van der Waals surface area contributed by atoms with Gasteiger partial charge in [0.2, 0.25) is 0 Å². The Hall–Kier alpha value is -1.28. The Morgan fingerprint density at radius 3 is 2.79 bits per heavy atom. The molecule has 1 aromatic carbocycles. The smallest absolute Gasteiger partial charge is 0.315 e. The lowest BCUT2D eigenvalue weighted by Gasteiger charge is -2.17. The fourth-order valence-corrected chi connectivity index (χ4v) is 5.38. The van der Waals surface area contributed by atoms with Gasteiger partial charge in [-0.1, -0.05) is 42.5 Å². The van der Waals surface area contributed by atoms with E-state index in [9.17, 15) is 19.8 Å². The molecule has 2 rings (SSSR count). The molecule has 7 heteroatoms. The average Bonchev–Trinajstić information content (AvgIpc) is 2.96. The highest BCUT2D eigenvalue weighted by molar-refractivity contribution is 8.01. The zero-order chi connectivity index (χ0) is 20.4. The first kappa shape index (κ1) is 23.0. The summed E-state index contributed by atoms with van der Waals surface area (Å²) < 4.78 is 4.60. The summed E-state index contributed by atoms with van der Waals surface area (Å²) in [6.45, 7) is 0. The van der Waals surface area contributed by atoms with Gasteiger partial charge in [-0.05, 0) is 23.5 Å². The number of hydrogen-bond acceptors (Lipinski definition) is 7. The molecule has 28 heavy (non-hydrogen) atoms. The molecule has 0 radical (unpaired) electrons. The molecule has 0 spiro atoms. The number of thioether (sulfide) groups is 2. The largest absolute Gasteiger partial charge is 0.468 e. The van der Waals surface area contributed by atoms with Crippen LogP contribution < -0.4 is 0 Å². The fraction of sp³-hybridized carbons (Fsp3) is 0.524. The second-order valence-corrected chi connectivity index (χ2v) is 9.09. The summed E-state index contributed by atoms with van der Waals surface area (Å²) in [6, 6.07) is 9.72. The average molecular weight is 425 g/mol. The number of carbonyl (C=O) groups is 2. The highest BCUT2D eigenvalue weighted by Gasteiger charge is 2.40. The molecule has 0 saturated heterocycles. The van der Waals surface area contributed by atoms with E-state index in [1.807, 2.05) is 30.3 Å². The Kier molecular flexibility index (Phi) is 10.1. The number of benzene rings is 1. The Morgan fingerprint density at radius 1 is 1.32 bits per heavy atom. The summed E-state index contributed by atoms with van der Waals surface area (Å²) in [5.74, 6) is 1.51. The van der Waals surface area contributed by atoms with Crippen LogP contribution in [0, 0.1) is 5.92 Å². The first-order valence-corrected chi connectivity index (χ1v) is 11.6. The highest BCUT2D eigenvalue weighted by atomic mass is 32.2. The molecule has 1 aromatic rings. The van der Waals surface area contributed by atoms with Gasteiger partial charge in [-0.3, -0.25) is 9.59 Å². The topological polar surface area (TPSA) is 83.8 Å². The molecule has 0 aromatic heterocycles. The van der Waals surface area contributed by atoms with Gasteiger partial charge < -0.3 is 14.9 Å². The lowest BCUT2D eigenvalue weighted by molar-refractivity contribution is -0.137. The molecule has 1 aliphatic carbocycles. The van der Waals surface area contributed by atoms with Gasteiger partial charge >= 0.3 is 5.97 Å². The minimum Gasteiger partial charge on any atom is -0.468 e. The van der Waals surface area contributed by atoms with Gasteiger partial charge in [0.05, 0.1) is 30.3 Å². The van der Waals surface area contributed by atoms with Gasteiger partial charge in [0.1, 0.15) is 5.78 Å². The summed E-state index contributed by atoms with van der Waals surface area (Å²) in [6.07, 6.45) is 3.69. The second-order valence-electron chi connectivity index (χ2n) is 6.73. The summed E-state index contributed by atoms with van der Waals surface area (Å²) in [4.78, 5) is 23.3. The predicted molar refractivity (Wildman–Crippen MR) is 115 cm³/mol. The third-order valence-corrected chi connectivity index (χ3v) is 7.02. The van der Waals surface area contributed by atoms with Crippen molar-refractivity contribution < 1.29 is 24.5 Å². The molecule has 1 fully saturated rings. The van der Waals surface area contributed by atoms with Crippen LogP contribution in [-0.4, -0.2) is 63.8 Å². The maximum absolute atomic E-state index is 12.2. The molecule has 0 heterocycles. The minimum absolute atomic E-state index is 0.0620. The number of rotatable bonds is 11. The van der Waals surface area contributed by atoms with Crippen LogP contribution in [-0.2, 0) is 20.7 Å². The van der Waals surface area contributed by atoms with Crippen molar-refractivity contribution in [2.45, 2.75) is 36.7 Å². The number of ether oxygens (including phenoxy) is 1. The maximum atomic E-state index is 12.2. The van der Waals surface area contributed by atoms with E-state index in [0.717, 1.165) is 23.5 Å². The van der Waals surface area contributed by atoms with E-state index in [0.29, 0.717) is 12.2 Å². The van der Waals surface area contributed by atoms with Crippen LogP contribution in [0.2, 0.25) is 0 Å². The molecule has 1 unspecified atom stereocenters. The molecule has 0 amide bonds. The molecular formula is C21H28O5S2. The van der Waals surface area contributed by atoms with Crippen LogP contribution in [0.15, 0.2) is 42.5 Å². The Labute approximate surface area is 174 Å².